The Labute approximate surface area is 93.3 Å². The Bertz CT molecular complexity index is 541. The summed E-state index contributed by atoms with van der Waals surface area (Å²) in [5.41, 5.74) is -0.700. The van der Waals surface area contributed by atoms with Crippen LogP contribution in [-0.2, 0) is 10.0 Å². The van der Waals surface area contributed by atoms with Gasteiger partial charge in [0.15, 0.2) is 5.75 Å². The first-order valence-electron chi connectivity index (χ1n) is 3.96. The zero-order valence-electron chi connectivity index (χ0n) is 8.25. The fourth-order valence-corrected chi connectivity index (χ4v) is 1.65. The van der Waals surface area contributed by atoms with Crippen LogP contribution in [0.4, 0.5) is 17.6 Å². The molecule has 1 aromatic rings. The zero-order valence-corrected chi connectivity index (χ0v) is 9.06. The molecule has 2 N–H and O–H groups in total. The van der Waals surface area contributed by atoms with Gasteiger partial charge in [-0.25, -0.2) is 18.5 Å². The van der Waals surface area contributed by atoms with Crippen molar-refractivity contribution in [1.29, 1.82) is 0 Å². The number of alkyl halides is 3. The molecular weight excluding hydrogens is 268 g/mol. The van der Waals surface area contributed by atoms with Crippen molar-refractivity contribution in [2.75, 3.05) is 0 Å². The molecule has 0 fully saturated rings. The van der Waals surface area contributed by atoms with Gasteiger partial charge >= 0.3 is 6.36 Å². The molecule has 0 aliphatic heterocycles. The van der Waals surface area contributed by atoms with Gasteiger partial charge in [-0.2, -0.15) is 4.39 Å². The van der Waals surface area contributed by atoms with Crippen LogP contribution in [0.3, 0.4) is 0 Å². The Morgan fingerprint density at radius 3 is 2.35 bits per heavy atom. The smallest absolute Gasteiger partial charge is 0.404 e. The Hall–Kier alpha value is -1.42. The lowest BCUT2D eigenvalue weighted by Crippen LogP contribution is -2.22. The molecule has 5 nitrogen and oxygen atoms in total. The van der Waals surface area contributed by atoms with Crippen molar-refractivity contribution in [3.05, 3.63) is 17.7 Å². The second kappa shape index (κ2) is 4.11. The number of hydrogen-bond donors (Lipinski definition) is 1. The Balaban J connectivity index is 3.48. The van der Waals surface area contributed by atoms with Crippen molar-refractivity contribution < 1.29 is 30.7 Å². The number of primary sulfonamides is 1. The molecule has 0 aromatic carbocycles. The predicted molar refractivity (Wildman–Crippen MR) is 47.0 cm³/mol. The van der Waals surface area contributed by atoms with Gasteiger partial charge < -0.3 is 4.74 Å². The monoisotopic (exact) mass is 274 g/mol. The third-order valence-corrected chi connectivity index (χ3v) is 2.60. The molecule has 96 valence electrons. The van der Waals surface area contributed by atoms with Crippen LogP contribution in [0.5, 0.6) is 5.75 Å². The van der Waals surface area contributed by atoms with Gasteiger partial charge in [-0.15, -0.1) is 13.2 Å². The van der Waals surface area contributed by atoms with Crippen LogP contribution in [0.1, 0.15) is 5.56 Å². The van der Waals surface area contributed by atoms with Crippen LogP contribution in [-0.4, -0.2) is 19.8 Å². The number of aromatic nitrogens is 1. The van der Waals surface area contributed by atoms with E-state index in [2.05, 4.69) is 14.9 Å². The number of halogens is 4. The van der Waals surface area contributed by atoms with Crippen molar-refractivity contribution in [3.8, 4) is 5.75 Å². The maximum Gasteiger partial charge on any atom is 0.573 e. The molecule has 0 bridgehead atoms. The molecule has 0 aliphatic rings. The van der Waals surface area contributed by atoms with E-state index in [-0.39, 0.29) is 0 Å². The molecule has 1 aromatic heterocycles. The third-order valence-electron chi connectivity index (χ3n) is 1.69. The summed E-state index contributed by atoms with van der Waals surface area (Å²) < 4.78 is 74.4. The van der Waals surface area contributed by atoms with Crippen LogP contribution in [0.2, 0.25) is 0 Å². The summed E-state index contributed by atoms with van der Waals surface area (Å²) in [6, 6.07) is 0. The van der Waals surface area contributed by atoms with E-state index in [9.17, 15) is 26.0 Å². The lowest BCUT2D eigenvalue weighted by molar-refractivity contribution is -0.275. The Kier molecular flexibility index (Phi) is 3.30. The molecule has 1 rings (SSSR count). The van der Waals surface area contributed by atoms with E-state index in [1.807, 2.05) is 0 Å². The van der Waals surface area contributed by atoms with Gasteiger partial charge in [-0.05, 0) is 6.92 Å². The van der Waals surface area contributed by atoms with E-state index in [1.165, 1.54) is 0 Å². The normalized spacial score (nSPS) is 12.6. The highest BCUT2D eigenvalue weighted by Gasteiger charge is 2.35. The van der Waals surface area contributed by atoms with Gasteiger partial charge in [0, 0.05) is 5.56 Å². The van der Waals surface area contributed by atoms with E-state index >= 15 is 0 Å². The number of nitrogens with zero attached hydrogens (tertiary/aromatic N) is 1. The van der Waals surface area contributed by atoms with Crippen molar-refractivity contribution in [3.63, 3.8) is 0 Å². The first kappa shape index (κ1) is 13.6. The maximum absolute atomic E-state index is 12.9. The highest BCUT2D eigenvalue weighted by atomic mass is 32.2. The minimum Gasteiger partial charge on any atom is -0.404 e. The lowest BCUT2D eigenvalue weighted by Gasteiger charge is -2.14. The fraction of sp³-hybridized carbons (Fsp3) is 0.286. The molecule has 0 atom stereocenters. The SMILES string of the molecule is Cc1c(F)ncc(S(N)(=O)=O)c1OC(F)(F)F. The van der Waals surface area contributed by atoms with Crippen LogP contribution in [0.25, 0.3) is 0 Å². The third kappa shape index (κ3) is 3.27. The predicted octanol–water partition coefficient (Wildman–Crippen LogP) is 1.08. The Morgan fingerprint density at radius 2 is 1.94 bits per heavy atom. The van der Waals surface area contributed by atoms with Crippen molar-refractivity contribution >= 4 is 10.0 Å². The van der Waals surface area contributed by atoms with Gasteiger partial charge in [0.05, 0.1) is 6.20 Å². The van der Waals surface area contributed by atoms with E-state index < -0.39 is 38.5 Å². The van der Waals surface area contributed by atoms with Gasteiger partial charge in [0.1, 0.15) is 4.90 Å². The molecule has 1 heterocycles. The number of hydrogen-bond acceptors (Lipinski definition) is 4. The first-order valence-corrected chi connectivity index (χ1v) is 5.50. The molecule has 0 radical (unpaired) electrons. The van der Waals surface area contributed by atoms with Crippen molar-refractivity contribution in [2.24, 2.45) is 5.14 Å². The van der Waals surface area contributed by atoms with Crippen LogP contribution >= 0.6 is 0 Å². The molecule has 17 heavy (non-hydrogen) atoms. The fourth-order valence-electron chi connectivity index (χ4n) is 0.994. The lowest BCUT2D eigenvalue weighted by atomic mass is 10.3. The second-order valence-electron chi connectivity index (χ2n) is 2.96. The number of pyridine rings is 1. The molecule has 0 saturated heterocycles. The quantitative estimate of drug-likeness (QED) is 0.646. The minimum atomic E-state index is -5.17. The highest BCUT2D eigenvalue weighted by molar-refractivity contribution is 7.89. The molecule has 0 amide bonds. The number of rotatable bonds is 2. The van der Waals surface area contributed by atoms with E-state index in [4.69, 9.17) is 0 Å². The number of nitrogens with two attached hydrogens (primary N) is 1. The average molecular weight is 274 g/mol. The van der Waals surface area contributed by atoms with E-state index in [0.29, 0.717) is 6.20 Å². The molecule has 0 aliphatic carbocycles. The van der Waals surface area contributed by atoms with Crippen molar-refractivity contribution in [2.45, 2.75) is 18.2 Å². The molecule has 0 unspecified atom stereocenters. The second-order valence-corrected chi connectivity index (χ2v) is 4.49. The molecule has 0 spiro atoms. The van der Waals surface area contributed by atoms with Crippen LogP contribution in [0, 0.1) is 12.9 Å². The van der Waals surface area contributed by atoms with Crippen molar-refractivity contribution in [1.82, 2.24) is 4.98 Å². The van der Waals surface area contributed by atoms with E-state index in [1.54, 1.807) is 0 Å². The summed E-state index contributed by atoms with van der Waals surface area (Å²) in [7, 11) is -4.50. The number of ether oxygens (including phenoxy) is 1. The summed E-state index contributed by atoms with van der Waals surface area (Å²) >= 11 is 0. The van der Waals surface area contributed by atoms with Gasteiger partial charge in [-0.1, -0.05) is 0 Å². The van der Waals surface area contributed by atoms with E-state index in [0.717, 1.165) is 6.92 Å². The highest BCUT2D eigenvalue weighted by Crippen LogP contribution is 2.32. The minimum absolute atomic E-state index is 0.360. The molecule has 10 heteroatoms. The van der Waals surface area contributed by atoms with Gasteiger partial charge in [0.2, 0.25) is 16.0 Å². The average Bonchev–Trinajstić information content (AvgIpc) is 2.08. The van der Waals surface area contributed by atoms with Gasteiger partial charge in [0.25, 0.3) is 0 Å². The maximum atomic E-state index is 12.9. The number of sulfonamides is 1. The Morgan fingerprint density at radius 1 is 1.41 bits per heavy atom. The summed E-state index contributed by atoms with van der Waals surface area (Å²) in [5.74, 6) is -2.50. The van der Waals surface area contributed by atoms with Crippen LogP contribution in [0.15, 0.2) is 11.1 Å². The first-order chi connectivity index (χ1) is 7.52. The summed E-state index contributed by atoms with van der Waals surface area (Å²) in [6.45, 7) is 0.887. The summed E-state index contributed by atoms with van der Waals surface area (Å²) in [5, 5.41) is 4.66. The van der Waals surface area contributed by atoms with Crippen LogP contribution < -0.4 is 9.88 Å². The summed E-state index contributed by atoms with van der Waals surface area (Å²) in [6.07, 6.45) is -4.81. The largest absolute Gasteiger partial charge is 0.573 e. The zero-order chi connectivity index (χ0) is 13.4. The van der Waals surface area contributed by atoms with Gasteiger partial charge in [-0.3, -0.25) is 0 Å². The molecule has 0 saturated carbocycles. The molecular formula is C7H6F4N2O3S. The standard InChI is InChI=1S/C7H6F4N2O3S/c1-3-5(16-7(9,10)11)4(17(12,14)15)2-13-6(3)8/h2H,1H3,(H2,12,14,15). The topological polar surface area (TPSA) is 82.3 Å². The summed E-state index contributed by atoms with van der Waals surface area (Å²) in [4.78, 5) is 1.93.